The van der Waals surface area contributed by atoms with Crippen molar-refractivity contribution in [3.63, 3.8) is 0 Å². The van der Waals surface area contributed by atoms with Crippen molar-refractivity contribution in [1.29, 1.82) is 0 Å². The first kappa shape index (κ1) is 18.6. The quantitative estimate of drug-likeness (QED) is 0.670. The molecule has 3 aromatic rings. The molecule has 1 atom stereocenters. The first-order chi connectivity index (χ1) is 13.1. The fourth-order valence-electron chi connectivity index (χ4n) is 2.74. The summed E-state index contributed by atoms with van der Waals surface area (Å²) in [6.45, 7) is 6.37. The zero-order chi connectivity index (χ0) is 19.2. The summed E-state index contributed by atoms with van der Waals surface area (Å²) < 4.78 is 1.64. The van der Waals surface area contributed by atoms with Crippen LogP contribution in [0.4, 0.5) is 11.4 Å². The Morgan fingerprint density at radius 1 is 1.15 bits per heavy atom. The van der Waals surface area contributed by atoms with Gasteiger partial charge in [-0.2, -0.15) is 4.68 Å². The minimum Gasteiger partial charge on any atom is -0.376 e. The molecule has 1 heterocycles. The molecule has 0 aliphatic rings. The normalized spacial score (nSPS) is 11.8. The second-order valence-corrected chi connectivity index (χ2v) is 6.52. The van der Waals surface area contributed by atoms with E-state index in [2.05, 4.69) is 52.1 Å². The molecule has 1 amide bonds. The van der Waals surface area contributed by atoms with Crippen LogP contribution in [0.25, 0.3) is 5.69 Å². The maximum absolute atomic E-state index is 12.2. The Balaban J connectivity index is 1.57. The van der Waals surface area contributed by atoms with Crippen molar-refractivity contribution in [1.82, 2.24) is 20.2 Å². The third-order valence-electron chi connectivity index (χ3n) is 4.55. The van der Waals surface area contributed by atoms with Crippen molar-refractivity contribution in [2.45, 2.75) is 33.1 Å². The van der Waals surface area contributed by atoms with Gasteiger partial charge in [-0.3, -0.25) is 4.79 Å². The van der Waals surface area contributed by atoms with Gasteiger partial charge in [0, 0.05) is 11.4 Å². The molecule has 2 aromatic carbocycles. The third kappa shape index (κ3) is 4.69. The van der Waals surface area contributed by atoms with Crippen LogP contribution in [-0.2, 0) is 4.79 Å². The highest BCUT2D eigenvalue weighted by molar-refractivity contribution is 5.93. The number of nitrogens with one attached hydrogen (secondary N) is 2. The van der Waals surface area contributed by atoms with Crippen LogP contribution < -0.4 is 10.6 Å². The molecule has 0 bridgehead atoms. The van der Waals surface area contributed by atoms with Crippen LogP contribution in [0.5, 0.6) is 0 Å². The van der Waals surface area contributed by atoms with Gasteiger partial charge in [0.15, 0.2) is 5.82 Å². The predicted octanol–water partition coefficient (Wildman–Crippen LogP) is 3.53. The van der Waals surface area contributed by atoms with Crippen LogP contribution in [0.1, 0.15) is 37.6 Å². The Labute approximate surface area is 158 Å². The van der Waals surface area contributed by atoms with Gasteiger partial charge >= 0.3 is 0 Å². The fourth-order valence-corrected chi connectivity index (χ4v) is 2.74. The van der Waals surface area contributed by atoms with Crippen molar-refractivity contribution in [3.05, 3.63) is 59.9 Å². The molecular formula is C20H24N6O. The molecule has 0 saturated carbocycles. The fraction of sp³-hybridized carbons (Fsp3) is 0.300. The zero-order valence-electron chi connectivity index (χ0n) is 15.8. The summed E-state index contributed by atoms with van der Waals surface area (Å²) in [6.07, 6.45) is 1.10. The average Bonchev–Trinajstić information content (AvgIpc) is 3.12. The van der Waals surface area contributed by atoms with Crippen LogP contribution in [0, 0.1) is 6.92 Å². The molecule has 0 saturated heterocycles. The summed E-state index contributed by atoms with van der Waals surface area (Å²) in [5.74, 6) is 1.12. The second-order valence-electron chi connectivity index (χ2n) is 6.52. The van der Waals surface area contributed by atoms with E-state index in [4.69, 9.17) is 0 Å². The van der Waals surface area contributed by atoms with Gasteiger partial charge in [-0.15, -0.1) is 5.10 Å². The minimum atomic E-state index is -0.102. The number of tetrazole rings is 1. The lowest BCUT2D eigenvalue weighted by atomic mass is 9.99. The smallest absolute Gasteiger partial charge is 0.243 e. The molecule has 0 radical (unpaired) electrons. The van der Waals surface area contributed by atoms with Crippen molar-refractivity contribution in [3.8, 4) is 5.69 Å². The van der Waals surface area contributed by atoms with Crippen molar-refractivity contribution >= 4 is 17.3 Å². The summed E-state index contributed by atoms with van der Waals surface area (Å²) in [5, 5.41) is 17.5. The molecule has 27 heavy (non-hydrogen) atoms. The maximum Gasteiger partial charge on any atom is 0.243 e. The summed E-state index contributed by atoms with van der Waals surface area (Å²) in [7, 11) is 0. The van der Waals surface area contributed by atoms with Gasteiger partial charge in [-0.1, -0.05) is 32.0 Å². The van der Waals surface area contributed by atoms with E-state index in [1.165, 1.54) is 5.56 Å². The molecule has 0 fully saturated rings. The Hall–Kier alpha value is -3.22. The Morgan fingerprint density at radius 3 is 2.59 bits per heavy atom. The molecule has 3 rings (SSSR count). The van der Waals surface area contributed by atoms with Gasteiger partial charge in [0.25, 0.3) is 0 Å². The van der Waals surface area contributed by atoms with Crippen LogP contribution in [0.2, 0.25) is 0 Å². The van der Waals surface area contributed by atoms with E-state index >= 15 is 0 Å². The molecule has 7 nitrogen and oxygen atoms in total. The first-order valence-electron chi connectivity index (χ1n) is 9.06. The topological polar surface area (TPSA) is 84.7 Å². The van der Waals surface area contributed by atoms with Crippen molar-refractivity contribution in [2.24, 2.45) is 0 Å². The van der Waals surface area contributed by atoms with E-state index in [1.54, 1.807) is 4.68 Å². The number of carbonyl (C=O) groups is 1. The van der Waals surface area contributed by atoms with E-state index in [9.17, 15) is 4.79 Å². The Kier molecular flexibility index (Phi) is 5.80. The molecular weight excluding hydrogens is 340 g/mol. The third-order valence-corrected chi connectivity index (χ3v) is 4.55. The van der Waals surface area contributed by atoms with Gasteiger partial charge < -0.3 is 10.6 Å². The number of nitrogens with zero attached hydrogens (tertiary/aromatic N) is 4. The van der Waals surface area contributed by atoms with Gasteiger partial charge in [0.1, 0.15) is 0 Å². The number of amides is 1. The molecule has 1 aromatic heterocycles. The lowest BCUT2D eigenvalue weighted by molar-refractivity contribution is -0.114. The molecule has 0 aliphatic heterocycles. The predicted molar refractivity (Wildman–Crippen MR) is 106 cm³/mol. The lowest BCUT2D eigenvalue weighted by Gasteiger charge is -2.11. The van der Waals surface area contributed by atoms with Gasteiger partial charge in [0.05, 0.1) is 12.2 Å². The summed E-state index contributed by atoms with van der Waals surface area (Å²) in [6, 6.07) is 15.6. The van der Waals surface area contributed by atoms with Gasteiger partial charge in [-0.05, 0) is 65.6 Å². The molecule has 0 aliphatic carbocycles. The number of aromatic nitrogens is 4. The summed E-state index contributed by atoms with van der Waals surface area (Å²) >= 11 is 0. The standard InChI is InChI=1S/C20H24N6O/c1-4-14(2)16-8-10-17(11-9-16)22-20(27)13-21-18-6-5-7-19(12-18)26-15(3)23-24-25-26/h5-12,14,21H,4,13H2,1-3H3,(H,22,27). The number of hydrogen-bond acceptors (Lipinski definition) is 5. The van der Waals surface area contributed by atoms with Crippen LogP contribution in [0.3, 0.4) is 0 Å². The monoisotopic (exact) mass is 364 g/mol. The number of carbonyl (C=O) groups excluding carboxylic acids is 1. The Bertz CT molecular complexity index is 903. The second kappa shape index (κ2) is 8.44. The SMILES string of the molecule is CCC(C)c1ccc(NC(=O)CNc2cccc(-n3nnnc3C)c2)cc1. The van der Waals surface area contributed by atoms with E-state index in [0.717, 1.165) is 23.5 Å². The number of aryl methyl sites for hydroxylation is 1. The number of benzene rings is 2. The van der Waals surface area contributed by atoms with Crippen LogP contribution in [-0.4, -0.2) is 32.7 Å². The molecule has 7 heteroatoms. The van der Waals surface area contributed by atoms with Gasteiger partial charge in [0.2, 0.25) is 5.91 Å². The highest BCUT2D eigenvalue weighted by Gasteiger charge is 2.07. The number of anilines is 2. The number of hydrogen-bond donors (Lipinski definition) is 2. The van der Waals surface area contributed by atoms with Crippen molar-refractivity contribution < 1.29 is 4.79 Å². The zero-order valence-corrected chi connectivity index (χ0v) is 15.8. The molecule has 1 unspecified atom stereocenters. The maximum atomic E-state index is 12.2. The highest BCUT2D eigenvalue weighted by atomic mass is 16.1. The summed E-state index contributed by atoms with van der Waals surface area (Å²) in [4.78, 5) is 12.2. The first-order valence-corrected chi connectivity index (χ1v) is 9.06. The number of rotatable bonds is 7. The molecule has 140 valence electrons. The average molecular weight is 364 g/mol. The van der Waals surface area contributed by atoms with Gasteiger partial charge in [-0.25, -0.2) is 0 Å². The van der Waals surface area contributed by atoms with Crippen molar-refractivity contribution in [2.75, 3.05) is 17.2 Å². The largest absolute Gasteiger partial charge is 0.376 e. The van der Waals surface area contributed by atoms with Crippen LogP contribution >= 0.6 is 0 Å². The van der Waals surface area contributed by atoms with E-state index in [-0.39, 0.29) is 12.5 Å². The lowest BCUT2D eigenvalue weighted by Crippen LogP contribution is -2.21. The highest BCUT2D eigenvalue weighted by Crippen LogP contribution is 2.20. The minimum absolute atomic E-state index is 0.102. The van der Waals surface area contributed by atoms with E-state index in [1.807, 2.05) is 43.3 Å². The van der Waals surface area contributed by atoms with Crippen LogP contribution in [0.15, 0.2) is 48.5 Å². The Morgan fingerprint density at radius 2 is 1.93 bits per heavy atom. The molecule has 0 spiro atoms. The molecule has 2 N–H and O–H groups in total. The summed E-state index contributed by atoms with van der Waals surface area (Å²) in [5.41, 5.74) is 3.74. The van der Waals surface area contributed by atoms with E-state index < -0.39 is 0 Å². The van der Waals surface area contributed by atoms with E-state index in [0.29, 0.717) is 11.7 Å².